The van der Waals surface area contributed by atoms with E-state index in [1.165, 1.54) is 23.4 Å². The minimum absolute atomic E-state index is 0.00648. The van der Waals surface area contributed by atoms with Gasteiger partial charge in [-0.3, -0.25) is 19.1 Å². The van der Waals surface area contributed by atoms with E-state index in [9.17, 15) is 14.4 Å². The molecule has 0 spiro atoms. The molecule has 0 saturated heterocycles. The first-order chi connectivity index (χ1) is 14.8. The molecule has 0 saturated carbocycles. The lowest BCUT2D eigenvalue weighted by Gasteiger charge is -2.13. The van der Waals surface area contributed by atoms with Crippen molar-refractivity contribution < 1.29 is 14.3 Å². The molecule has 0 aliphatic heterocycles. The minimum Gasteiger partial charge on any atom is -0.452 e. The molecule has 0 bridgehead atoms. The molecule has 0 radical (unpaired) electrons. The van der Waals surface area contributed by atoms with Crippen molar-refractivity contribution >= 4 is 40.9 Å². The predicted octanol–water partition coefficient (Wildman–Crippen LogP) is 3.80. The van der Waals surface area contributed by atoms with Gasteiger partial charge in [0.05, 0.1) is 22.2 Å². The maximum absolute atomic E-state index is 12.9. The van der Waals surface area contributed by atoms with Crippen molar-refractivity contribution in [2.45, 2.75) is 24.8 Å². The molecular weight excluding hydrogens is 438 g/mol. The molecule has 1 amide bonds. The smallest absolute Gasteiger partial charge is 0.317 e. The highest BCUT2D eigenvalue weighted by Crippen LogP contribution is 2.26. The van der Waals surface area contributed by atoms with E-state index in [1.807, 2.05) is 24.3 Å². The van der Waals surface area contributed by atoms with Gasteiger partial charge in [0, 0.05) is 11.9 Å². The number of hydrogen-bond acceptors (Lipinski definition) is 5. The van der Waals surface area contributed by atoms with Crippen LogP contribution in [0.5, 0.6) is 0 Å². The lowest BCUT2D eigenvalue weighted by Crippen LogP contribution is -2.32. The highest BCUT2D eigenvalue weighted by molar-refractivity contribution is 8.00. The molecule has 1 atom stereocenters. The summed E-state index contributed by atoms with van der Waals surface area (Å²) in [5.41, 5.74) is 1.03. The van der Waals surface area contributed by atoms with Crippen LogP contribution in [0, 0.1) is 6.92 Å². The van der Waals surface area contributed by atoms with Crippen LogP contribution in [-0.4, -0.2) is 33.1 Å². The Bertz CT molecular complexity index is 1160. The van der Waals surface area contributed by atoms with E-state index in [1.54, 1.807) is 49.0 Å². The standard InChI is InChI=1S/C22H22ClN3O4S/c1-14-20(22(29)26(25(14)3)16-9-5-4-6-10-16)24-21(28)15(2)30-19(27)13-31-18-12-8-7-11-17(18)23/h4-12,15H,13H2,1-3H3,(H,24,28). The molecule has 1 unspecified atom stereocenters. The zero-order valence-corrected chi connectivity index (χ0v) is 18.9. The third-order valence-electron chi connectivity index (χ3n) is 4.66. The molecule has 1 heterocycles. The molecule has 3 aromatic rings. The molecule has 162 valence electrons. The van der Waals surface area contributed by atoms with Gasteiger partial charge < -0.3 is 10.1 Å². The number of rotatable bonds is 7. The molecule has 31 heavy (non-hydrogen) atoms. The van der Waals surface area contributed by atoms with Gasteiger partial charge in [-0.25, -0.2) is 4.68 Å². The van der Waals surface area contributed by atoms with Crippen molar-refractivity contribution in [1.29, 1.82) is 0 Å². The van der Waals surface area contributed by atoms with Crippen LogP contribution in [0.2, 0.25) is 5.02 Å². The number of esters is 1. The number of carbonyl (C=O) groups excluding carboxylic acids is 2. The first kappa shape index (κ1) is 22.7. The average molecular weight is 460 g/mol. The Hall–Kier alpha value is -2.97. The zero-order chi connectivity index (χ0) is 22.5. The highest BCUT2D eigenvalue weighted by Gasteiger charge is 2.23. The van der Waals surface area contributed by atoms with Gasteiger partial charge in [-0.15, -0.1) is 11.8 Å². The summed E-state index contributed by atoms with van der Waals surface area (Å²) in [4.78, 5) is 38.3. The second kappa shape index (κ2) is 9.89. The number of aromatic nitrogens is 2. The van der Waals surface area contributed by atoms with Crippen LogP contribution in [0.3, 0.4) is 0 Å². The lowest BCUT2D eigenvalue weighted by atomic mass is 10.3. The summed E-state index contributed by atoms with van der Waals surface area (Å²) in [6.07, 6.45) is -1.07. The Morgan fingerprint density at radius 3 is 2.45 bits per heavy atom. The summed E-state index contributed by atoms with van der Waals surface area (Å²) in [6.45, 7) is 3.19. The number of hydrogen-bond donors (Lipinski definition) is 1. The van der Waals surface area contributed by atoms with Gasteiger partial charge in [0.1, 0.15) is 5.69 Å². The van der Waals surface area contributed by atoms with Crippen molar-refractivity contribution in [3.63, 3.8) is 0 Å². The number of halogens is 1. The Kier molecular flexibility index (Phi) is 7.25. The fourth-order valence-corrected chi connectivity index (χ4v) is 3.94. The van der Waals surface area contributed by atoms with Gasteiger partial charge in [0.15, 0.2) is 6.10 Å². The van der Waals surface area contributed by atoms with Crippen LogP contribution in [0.4, 0.5) is 5.69 Å². The summed E-state index contributed by atoms with van der Waals surface area (Å²) in [5.74, 6) is -1.13. The molecule has 2 aromatic carbocycles. The second-order valence-corrected chi connectivity index (χ2v) is 8.20. The Morgan fingerprint density at radius 1 is 1.13 bits per heavy atom. The topological polar surface area (TPSA) is 82.3 Å². The predicted molar refractivity (Wildman–Crippen MR) is 122 cm³/mol. The van der Waals surface area contributed by atoms with Crippen LogP contribution in [-0.2, 0) is 21.4 Å². The number of thioether (sulfide) groups is 1. The van der Waals surface area contributed by atoms with Crippen LogP contribution in [0.25, 0.3) is 5.69 Å². The fourth-order valence-electron chi connectivity index (χ4n) is 2.92. The van der Waals surface area contributed by atoms with Gasteiger partial charge in [-0.05, 0) is 38.1 Å². The van der Waals surface area contributed by atoms with E-state index in [0.717, 1.165) is 4.90 Å². The fraction of sp³-hybridized carbons (Fsp3) is 0.227. The highest BCUT2D eigenvalue weighted by atomic mass is 35.5. The van der Waals surface area contributed by atoms with E-state index in [4.69, 9.17) is 16.3 Å². The number of carbonyl (C=O) groups is 2. The molecular formula is C22H22ClN3O4S. The van der Waals surface area contributed by atoms with Crippen LogP contribution >= 0.6 is 23.4 Å². The first-order valence-electron chi connectivity index (χ1n) is 9.51. The average Bonchev–Trinajstić information content (AvgIpc) is 2.96. The number of amides is 1. The summed E-state index contributed by atoms with van der Waals surface area (Å²) in [5, 5.41) is 3.14. The van der Waals surface area contributed by atoms with E-state index >= 15 is 0 Å². The van der Waals surface area contributed by atoms with Crippen molar-refractivity contribution in [2.75, 3.05) is 11.1 Å². The van der Waals surface area contributed by atoms with E-state index < -0.39 is 18.0 Å². The van der Waals surface area contributed by atoms with Crippen LogP contribution < -0.4 is 10.9 Å². The molecule has 0 aliphatic rings. The largest absolute Gasteiger partial charge is 0.452 e. The quantitative estimate of drug-likeness (QED) is 0.429. The molecule has 1 aromatic heterocycles. The number of nitrogens with zero attached hydrogens (tertiary/aromatic N) is 2. The minimum atomic E-state index is -1.07. The molecule has 1 N–H and O–H groups in total. The molecule has 9 heteroatoms. The second-order valence-electron chi connectivity index (χ2n) is 6.78. The summed E-state index contributed by atoms with van der Waals surface area (Å²) in [7, 11) is 1.73. The van der Waals surface area contributed by atoms with E-state index in [0.29, 0.717) is 16.4 Å². The summed E-state index contributed by atoms with van der Waals surface area (Å²) in [6, 6.07) is 16.2. The Balaban J connectivity index is 1.65. The van der Waals surface area contributed by atoms with Gasteiger partial charge in [0.25, 0.3) is 11.5 Å². The third-order valence-corrected chi connectivity index (χ3v) is 6.15. The number of benzene rings is 2. The van der Waals surface area contributed by atoms with Gasteiger partial charge >= 0.3 is 5.97 Å². The van der Waals surface area contributed by atoms with Crippen LogP contribution in [0.1, 0.15) is 12.6 Å². The zero-order valence-electron chi connectivity index (χ0n) is 17.3. The molecule has 7 nitrogen and oxygen atoms in total. The van der Waals surface area contributed by atoms with E-state index in [-0.39, 0.29) is 17.0 Å². The maximum atomic E-state index is 12.9. The normalized spacial score (nSPS) is 11.7. The van der Waals surface area contributed by atoms with Crippen molar-refractivity contribution in [2.24, 2.45) is 7.05 Å². The summed E-state index contributed by atoms with van der Waals surface area (Å²) >= 11 is 7.30. The molecule has 0 fully saturated rings. The monoisotopic (exact) mass is 459 g/mol. The van der Waals surface area contributed by atoms with Crippen LogP contribution in [0.15, 0.2) is 64.3 Å². The third kappa shape index (κ3) is 5.21. The van der Waals surface area contributed by atoms with Crippen molar-refractivity contribution in [3.05, 3.63) is 75.7 Å². The maximum Gasteiger partial charge on any atom is 0.317 e. The Labute approximate surface area is 188 Å². The number of nitrogens with one attached hydrogen (secondary N) is 1. The number of para-hydroxylation sites is 1. The molecule has 3 rings (SSSR count). The number of ether oxygens (including phenoxy) is 1. The van der Waals surface area contributed by atoms with Gasteiger partial charge in [0.2, 0.25) is 0 Å². The van der Waals surface area contributed by atoms with E-state index in [2.05, 4.69) is 5.32 Å². The van der Waals surface area contributed by atoms with Gasteiger partial charge in [-0.2, -0.15) is 0 Å². The van der Waals surface area contributed by atoms with Crippen molar-refractivity contribution in [3.8, 4) is 5.69 Å². The first-order valence-corrected chi connectivity index (χ1v) is 10.9. The number of anilines is 1. The Morgan fingerprint density at radius 2 is 1.77 bits per heavy atom. The van der Waals surface area contributed by atoms with Gasteiger partial charge in [-0.1, -0.05) is 41.9 Å². The van der Waals surface area contributed by atoms with Crippen molar-refractivity contribution in [1.82, 2.24) is 9.36 Å². The SMILES string of the molecule is Cc1c(NC(=O)C(C)OC(=O)CSc2ccccc2Cl)c(=O)n(-c2ccccc2)n1C. The lowest BCUT2D eigenvalue weighted by molar-refractivity contribution is -0.150. The molecule has 0 aliphatic carbocycles. The summed E-state index contributed by atoms with van der Waals surface area (Å²) < 4.78 is 8.33.